The van der Waals surface area contributed by atoms with E-state index in [1.54, 1.807) is 6.07 Å². The van der Waals surface area contributed by atoms with Crippen LogP contribution in [0.4, 0.5) is 10.1 Å². The highest BCUT2D eigenvalue weighted by atomic mass is 19.1. The maximum absolute atomic E-state index is 14.1. The molecule has 0 amide bonds. The number of likely N-dealkylation sites (N-methyl/N-ethyl adjacent to an activating group) is 1. The van der Waals surface area contributed by atoms with Crippen LogP contribution in [0, 0.1) is 5.82 Å². The minimum atomic E-state index is -0.148. The lowest BCUT2D eigenvalue weighted by Crippen LogP contribution is -2.30. The minimum absolute atomic E-state index is 0.148. The molecular formula is C16H27FN2O. The molecule has 0 bridgehead atoms. The maximum atomic E-state index is 14.1. The van der Waals surface area contributed by atoms with E-state index in [1.165, 1.54) is 6.07 Å². The molecule has 0 unspecified atom stereocenters. The Labute approximate surface area is 122 Å². The number of hydrogen-bond acceptors (Lipinski definition) is 3. The number of benzene rings is 1. The first-order valence-corrected chi connectivity index (χ1v) is 7.43. The number of hydrogen-bond donors (Lipinski definition) is 1. The highest BCUT2D eigenvalue weighted by Crippen LogP contribution is 2.23. The van der Waals surface area contributed by atoms with Crippen LogP contribution in [0.15, 0.2) is 18.2 Å². The summed E-state index contributed by atoms with van der Waals surface area (Å²) >= 11 is 0. The van der Waals surface area contributed by atoms with Crippen LogP contribution in [0.3, 0.4) is 0 Å². The first-order chi connectivity index (χ1) is 9.60. The number of ether oxygens (including phenoxy) is 1. The average Bonchev–Trinajstić information content (AvgIpc) is 2.42. The monoisotopic (exact) mass is 282 g/mol. The Morgan fingerprint density at radius 1 is 1.30 bits per heavy atom. The van der Waals surface area contributed by atoms with Crippen molar-refractivity contribution in [3.8, 4) is 0 Å². The van der Waals surface area contributed by atoms with Gasteiger partial charge >= 0.3 is 0 Å². The van der Waals surface area contributed by atoms with Crippen LogP contribution >= 0.6 is 0 Å². The quantitative estimate of drug-likeness (QED) is 0.704. The van der Waals surface area contributed by atoms with Crippen molar-refractivity contribution in [2.24, 2.45) is 0 Å². The van der Waals surface area contributed by atoms with Gasteiger partial charge in [-0.1, -0.05) is 19.9 Å². The summed E-state index contributed by atoms with van der Waals surface area (Å²) in [4.78, 5) is 2.16. The fourth-order valence-electron chi connectivity index (χ4n) is 2.09. The van der Waals surface area contributed by atoms with Crippen LogP contribution in [-0.2, 0) is 11.3 Å². The Balaban J connectivity index is 2.87. The first kappa shape index (κ1) is 16.9. The van der Waals surface area contributed by atoms with E-state index in [0.717, 1.165) is 24.3 Å². The van der Waals surface area contributed by atoms with Crippen LogP contribution in [-0.4, -0.2) is 32.3 Å². The number of nitrogens with one attached hydrogen (secondary N) is 1. The Morgan fingerprint density at radius 3 is 2.65 bits per heavy atom. The van der Waals surface area contributed by atoms with Gasteiger partial charge in [0.2, 0.25) is 0 Å². The third-order valence-corrected chi connectivity index (χ3v) is 3.21. The van der Waals surface area contributed by atoms with Crippen molar-refractivity contribution in [2.45, 2.75) is 40.3 Å². The largest absolute Gasteiger partial charge is 0.380 e. The predicted molar refractivity (Wildman–Crippen MR) is 82.8 cm³/mol. The second kappa shape index (κ2) is 8.93. The summed E-state index contributed by atoms with van der Waals surface area (Å²) in [6.45, 7) is 11.7. The molecule has 0 aliphatic carbocycles. The van der Waals surface area contributed by atoms with Crippen molar-refractivity contribution in [3.05, 3.63) is 29.6 Å². The van der Waals surface area contributed by atoms with Crippen LogP contribution in [0.5, 0.6) is 0 Å². The van der Waals surface area contributed by atoms with E-state index in [2.05, 4.69) is 31.0 Å². The molecule has 0 radical (unpaired) electrons. The molecule has 0 heterocycles. The van der Waals surface area contributed by atoms with Gasteiger partial charge in [0.05, 0.1) is 6.61 Å². The van der Waals surface area contributed by atoms with E-state index >= 15 is 0 Å². The third-order valence-electron chi connectivity index (χ3n) is 3.21. The Morgan fingerprint density at radius 2 is 2.05 bits per heavy atom. The van der Waals surface area contributed by atoms with E-state index in [4.69, 9.17) is 4.74 Å². The molecule has 1 aromatic carbocycles. The molecule has 0 aliphatic heterocycles. The van der Waals surface area contributed by atoms with Crippen LogP contribution in [0.1, 0.15) is 33.3 Å². The molecular weight excluding hydrogens is 255 g/mol. The van der Waals surface area contributed by atoms with Crippen molar-refractivity contribution >= 4 is 5.69 Å². The first-order valence-electron chi connectivity index (χ1n) is 7.43. The van der Waals surface area contributed by atoms with Crippen LogP contribution < -0.4 is 10.2 Å². The Kier molecular flexibility index (Phi) is 7.55. The molecule has 1 N–H and O–H groups in total. The standard InChI is InChI=1S/C16H27FN2O/c1-5-19(10-11-20-6-2)16-9-7-8-15(17)14(16)12-18-13(3)4/h7-9,13,18H,5-6,10-12H2,1-4H3. The topological polar surface area (TPSA) is 24.5 Å². The Bertz CT molecular complexity index is 396. The van der Waals surface area contributed by atoms with Gasteiger partial charge in [-0.05, 0) is 26.0 Å². The summed E-state index contributed by atoms with van der Waals surface area (Å²) in [5, 5.41) is 3.29. The summed E-state index contributed by atoms with van der Waals surface area (Å²) in [5.41, 5.74) is 1.69. The van der Waals surface area contributed by atoms with E-state index in [-0.39, 0.29) is 5.82 Å². The molecule has 20 heavy (non-hydrogen) atoms. The summed E-state index contributed by atoms with van der Waals surface area (Å²) < 4.78 is 19.5. The number of halogens is 1. The molecule has 0 saturated carbocycles. The molecule has 0 atom stereocenters. The van der Waals surface area contributed by atoms with E-state index in [9.17, 15) is 4.39 Å². The van der Waals surface area contributed by atoms with Crippen LogP contribution in [0.25, 0.3) is 0 Å². The van der Waals surface area contributed by atoms with Gasteiger partial charge in [0.1, 0.15) is 5.82 Å². The van der Waals surface area contributed by atoms with E-state index in [0.29, 0.717) is 25.8 Å². The van der Waals surface area contributed by atoms with Crippen molar-refractivity contribution in [2.75, 3.05) is 31.2 Å². The van der Waals surface area contributed by atoms with Gasteiger partial charge in [0, 0.05) is 43.5 Å². The van der Waals surface area contributed by atoms with Crippen molar-refractivity contribution in [3.63, 3.8) is 0 Å². The van der Waals surface area contributed by atoms with Crippen molar-refractivity contribution in [1.82, 2.24) is 5.32 Å². The van der Waals surface area contributed by atoms with Crippen LogP contribution in [0.2, 0.25) is 0 Å². The lowest BCUT2D eigenvalue weighted by atomic mass is 10.1. The molecule has 1 aromatic rings. The van der Waals surface area contributed by atoms with Gasteiger partial charge in [-0.25, -0.2) is 4.39 Å². The second-order valence-corrected chi connectivity index (χ2v) is 5.05. The molecule has 0 aliphatic rings. The van der Waals surface area contributed by atoms with E-state index < -0.39 is 0 Å². The predicted octanol–water partition coefficient (Wildman–Crippen LogP) is 3.19. The zero-order chi connectivity index (χ0) is 15.0. The van der Waals surface area contributed by atoms with Gasteiger partial charge in [-0.2, -0.15) is 0 Å². The van der Waals surface area contributed by atoms with Gasteiger partial charge in [-0.15, -0.1) is 0 Å². The second-order valence-electron chi connectivity index (χ2n) is 5.05. The van der Waals surface area contributed by atoms with Crippen molar-refractivity contribution in [1.29, 1.82) is 0 Å². The number of rotatable bonds is 9. The third kappa shape index (κ3) is 5.10. The van der Waals surface area contributed by atoms with Gasteiger partial charge in [0.15, 0.2) is 0 Å². The molecule has 0 spiro atoms. The molecule has 0 saturated heterocycles. The average molecular weight is 282 g/mol. The van der Waals surface area contributed by atoms with E-state index in [1.807, 2.05) is 13.0 Å². The molecule has 114 valence electrons. The lowest BCUT2D eigenvalue weighted by molar-refractivity contribution is 0.154. The minimum Gasteiger partial charge on any atom is -0.380 e. The summed E-state index contributed by atoms with van der Waals surface area (Å²) in [7, 11) is 0. The number of nitrogens with zero attached hydrogens (tertiary/aromatic N) is 1. The highest BCUT2D eigenvalue weighted by Gasteiger charge is 2.13. The number of anilines is 1. The Hall–Kier alpha value is -1.13. The molecule has 0 aromatic heterocycles. The highest BCUT2D eigenvalue weighted by molar-refractivity contribution is 5.54. The zero-order valence-electron chi connectivity index (χ0n) is 13.1. The normalized spacial score (nSPS) is 11.1. The SMILES string of the molecule is CCOCCN(CC)c1cccc(F)c1CNC(C)C. The fraction of sp³-hybridized carbons (Fsp3) is 0.625. The summed E-state index contributed by atoms with van der Waals surface area (Å²) in [6.07, 6.45) is 0. The summed E-state index contributed by atoms with van der Waals surface area (Å²) in [5.74, 6) is -0.148. The molecule has 0 fully saturated rings. The zero-order valence-corrected chi connectivity index (χ0v) is 13.1. The van der Waals surface area contributed by atoms with Crippen molar-refractivity contribution < 1.29 is 9.13 Å². The van der Waals surface area contributed by atoms with Gasteiger partial charge in [0.25, 0.3) is 0 Å². The lowest BCUT2D eigenvalue weighted by Gasteiger charge is -2.26. The fourth-order valence-corrected chi connectivity index (χ4v) is 2.09. The maximum Gasteiger partial charge on any atom is 0.129 e. The van der Waals surface area contributed by atoms with Gasteiger partial charge in [-0.3, -0.25) is 0 Å². The van der Waals surface area contributed by atoms with Gasteiger partial charge < -0.3 is 15.0 Å². The summed E-state index contributed by atoms with van der Waals surface area (Å²) in [6, 6.07) is 5.61. The molecule has 4 heteroatoms. The molecule has 3 nitrogen and oxygen atoms in total. The smallest absolute Gasteiger partial charge is 0.129 e. The molecule has 1 rings (SSSR count).